The van der Waals surface area contributed by atoms with E-state index in [1.165, 1.54) is 0 Å². The minimum atomic E-state index is -0.772. The molecule has 0 saturated carbocycles. The maximum atomic E-state index is 12.1. The number of carbonyl (C=O) groups excluding carboxylic acids is 3. The van der Waals surface area contributed by atoms with E-state index in [0.29, 0.717) is 34.9 Å². The monoisotopic (exact) mass is 397 g/mol. The molecule has 3 aromatic rings. The number of nitrogens with zero attached hydrogens (tertiary/aromatic N) is 2. The number of amides is 3. The van der Waals surface area contributed by atoms with E-state index in [2.05, 4.69) is 20.9 Å². The van der Waals surface area contributed by atoms with Gasteiger partial charge in [0.05, 0.1) is 17.3 Å². The predicted octanol–water partition coefficient (Wildman–Crippen LogP) is 2.13. The van der Waals surface area contributed by atoms with E-state index in [1.807, 2.05) is 0 Å². The van der Waals surface area contributed by atoms with Gasteiger partial charge in [-0.25, -0.2) is 4.98 Å². The van der Waals surface area contributed by atoms with Crippen LogP contribution in [0, 0.1) is 0 Å². The SMILES string of the molecule is O=C1CCc2cc(NC(=O)C(=O)NCc3cn4cc(Cl)ccc4n3)ccc2N1. The molecule has 8 nitrogen and oxygen atoms in total. The maximum absolute atomic E-state index is 12.1. The molecule has 0 radical (unpaired) electrons. The zero-order valence-corrected chi connectivity index (χ0v) is 15.4. The summed E-state index contributed by atoms with van der Waals surface area (Å²) in [5.74, 6) is -1.56. The first kappa shape index (κ1) is 18.0. The minimum Gasteiger partial charge on any atom is -0.342 e. The second kappa shape index (κ2) is 7.32. The third kappa shape index (κ3) is 3.81. The molecule has 28 heavy (non-hydrogen) atoms. The molecule has 142 valence electrons. The van der Waals surface area contributed by atoms with E-state index in [0.717, 1.165) is 11.3 Å². The Labute approximate surface area is 164 Å². The molecule has 0 saturated heterocycles. The summed E-state index contributed by atoms with van der Waals surface area (Å²) < 4.78 is 1.75. The summed E-state index contributed by atoms with van der Waals surface area (Å²) in [5.41, 5.74) is 3.44. The van der Waals surface area contributed by atoms with Crippen LogP contribution in [0.2, 0.25) is 5.02 Å². The molecule has 4 rings (SSSR count). The van der Waals surface area contributed by atoms with Gasteiger partial charge in [0, 0.05) is 30.2 Å². The zero-order valence-electron chi connectivity index (χ0n) is 14.7. The van der Waals surface area contributed by atoms with Crippen LogP contribution >= 0.6 is 11.6 Å². The first-order valence-corrected chi connectivity index (χ1v) is 9.01. The molecule has 1 aliphatic rings. The molecule has 3 N–H and O–H groups in total. The highest BCUT2D eigenvalue weighted by Gasteiger charge is 2.17. The Balaban J connectivity index is 1.36. The first-order chi connectivity index (χ1) is 13.5. The van der Waals surface area contributed by atoms with Crippen molar-refractivity contribution in [3.05, 3.63) is 59.0 Å². The van der Waals surface area contributed by atoms with Crippen LogP contribution in [-0.2, 0) is 27.3 Å². The van der Waals surface area contributed by atoms with Gasteiger partial charge in [0.15, 0.2) is 0 Å². The second-order valence-electron chi connectivity index (χ2n) is 6.40. The molecule has 0 atom stereocenters. The number of imidazole rings is 1. The average molecular weight is 398 g/mol. The molecule has 3 heterocycles. The van der Waals surface area contributed by atoms with Gasteiger partial charge in [-0.3, -0.25) is 14.4 Å². The smallest absolute Gasteiger partial charge is 0.313 e. The number of aromatic nitrogens is 2. The number of anilines is 2. The number of hydrogen-bond donors (Lipinski definition) is 3. The van der Waals surface area contributed by atoms with Gasteiger partial charge in [-0.15, -0.1) is 0 Å². The number of pyridine rings is 1. The van der Waals surface area contributed by atoms with E-state index in [9.17, 15) is 14.4 Å². The van der Waals surface area contributed by atoms with Gasteiger partial charge in [-0.1, -0.05) is 11.6 Å². The van der Waals surface area contributed by atoms with Crippen LogP contribution in [0.25, 0.3) is 5.65 Å². The normalized spacial score (nSPS) is 13.0. The number of hydrogen-bond acceptors (Lipinski definition) is 4. The van der Waals surface area contributed by atoms with Gasteiger partial charge in [-0.2, -0.15) is 0 Å². The van der Waals surface area contributed by atoms with Gasteiger partial charge < -0.3 is 20.4 Å². The first-order valence-electron chi connectivity index (χ1n) is 8.63. The van der Waals surface area contributed by atoms with Crippen molar-refractivity contribution in [2.45, 2.75) is 19.4 Å². The van der Waals surface area contributed by atoms with Crippen LogP contribution in [0.3, 0.4) is 0 Å². The van der Waals surface area contributed by atoms with Crippen molar-refractivity contribution in [3.63, 3.8) is 0 Å². The number of rotatable bonds is 3. The zero-order chi connectivity index (χ0) is 19.7. The highest BCUT2D eigenvalue weighted by atomic mass is 35.5. The third-order valence-electron chi connectivity index (χ3n) is 4.36. The average Bonchev–Trinajstić information content (AvgIpc) is 3.08. The summed E-state index contributed by atoms with van der Waals surface area (Å²) in [4.78, 5) is 40.0. The fourth-order valence-electron chi connectivity index (χ4n) is 3.00. The van der Waals surface area contributed by atoms with E-state index in [1.54, 1.807) is 47.1 Å². The number of halogens is 1. The summed E-state index contributed by atoms with van der Waals surface area (Å²) in [6, 6.07) is 8.59. The van der Waals surface area contributed by atoms with Crippen molar-refractivity contribution in [2.24, 2.45) is 0 Å². The van der Waals surface area contributed by atoms with E-state index in [4.69, 9.17) is 11.6 Å². The summed E-state index contributed by atoms with van der Waals surface area (Å²) in [6.45, 7) is 0.113. The Hall–Kier alpha value is -3.39. The third-order valence-corrected chi connectivity index (χ3v) is 4.58. The number of aryl methyl sites for hydroxylation is 1. The van der Waals surface area contributed by atoms with Gasteiger partial charge in [0.1, 0.15) is 5.65 Å². The lowest BCUT2D eigenvalue weighted by atomic mass is 10.0. The van der Waals surface area contributed by atoms with Gasteiger partial charge >= 0.3 is 11.8 Å². The van der Waals surface area contributed by atoms with E-state index >= 15 is 0 Å². The summed E-state index contributed by atoms with van der Waals surface area (Å²) in [6.07, 6.45) is 4.43. The van der Waals surface area contributed by atoms with Crippen LogP contribution in [0.4, 0.5) is 11.4 Å². The number of fused-ring (bicyclic) bond motifs is 2. The quantitative estimate of drug-likeness (QED) is 0.589. The molecular formula is C19H16ClN5O3. The summed E-state index contributed by atoms with van der Waals surface area (Å²) >= 11 is 5.93. The van der Waals surface area contributed by atoms with Crippen LogP contribution in [-0.4, -0.2) is 27.1 Å². The Morgan fingerprint density at radius 1 is 1.14 bits per heavy atom. The van der Waals surface area contributed by atoms with Gasteiger partial charge in [0.25, 0.3) is 0 Å². The van der Waals surface area contributed by atoms with Crippen molar-refractivity contribution < 1.29 is 14.4 Å². The maximum Gasteiger partial charge on any atom is 0.313 e. The van der Waals surface area contributed by atoms with E-state index < -0.39 is 11.8 Å². The standard InChI is InChI=1S/C19H16ClN5O3/c20-12-2-5-16-22-14(10-25(16)9-12)8-21-18(27)19(28)23-13-3-4-15-11(7-13)1-6-17(26)24-15/h2-5,7,9-10H,1,6,8H2,(H,21,27)(H,23,28)(H,24,26). The highest BCUT2D eigenvalue weighted by molar-refractivity contribution is 6.39. The topological polar surface area (TPSA) is 105 Å². The molecule has 0 spiro atoms. The Morgan fingerprint density at radius 3 is 2.86 bits per heavy atom. The molecular weight excluding hydrogens is 382 g/mol. The van der Waals surface area contributed by atoms with Crippen molar-refractivity contribution >= 4 is 46.3 Å². The molecule has 0 bridgehead atoms. The molecule has 1 aliphatic heterocycles. The molecule has 1 aromatic carbocycles. The molecule has 9 heteroatoms. The van der Waals surface area contributed by atoms with Gasteiger partial charge in [0.2, 0.25) is 5.91 Å². The van der Waals surface area contributed by atoms with Crippen molar-refractivity contribution in [2.75, 3.05) is 10.6 Å². The Kier molecular flexibility index (Phi) is 4.70. The van der Waals surface area contributed by atoms with Crippen molar-refractivity contribution in [1.82, 2.24) is 14.7 Å². The van der Waals surface area contributed by atoms with Crippen LogP contribution in [0.15, 0.2) is 42.7 Å². The Morgan fingerprint density at radius 2 is 2.00 bits per heavy atom. The van der Waals surface area contributed by atoms with E-state index in [-0.39, 0.29) is 12.5 Å². The molecule has 0 fully saturated rings. The fourth-order valence-corrected chi connectivity index (χ4v) is 3.17. The van der Waals surface area contributed by atoms with Crippen molar-refractivity contribution in [3.8, 4) is 0 Å². The van der Waals surface area contributed by atoms with Crippen LogP contribution in [0.5, 0.6) is 0 Å². The van der Waals surface area contributed by atoms with Crippen LogP contribution in [0.1, 0.15) is 17.7 Å². The predicted molar refractivity (Wildman–Crippen MR) is 104 cm³/mol. The Bertz CT molecular complexity index is 1110. The highest BCUT2D eigenvalue weighted by Crippen LogP contribution is 2.25. The molecule has 0 unspecified atom stereocenters. The lowest BCUT2D eigenvalue weighted by Crippen LogP contribution is -2.35. The molecule has 2 aromatic heterocycles. The molecule has 3 amide bonds. The summed E-state index contributed by atoms with van der Waals surface area (Å²) in [5, 5.41) is 8.45. The number of carbonyl (C=O) groups is 3. The molecule has 0 aliphatic carbocycles. The van der Waals surface area contributed by atoms with Gasteiger partial charge in [-0.05, 0) is 42.3 Å². The number of benzene rings is 1. The summed E-state index contributed by atoms with van der Waals surface area (Å²) in [7, 11) is 0. The fraction of sp³-hybridized carbons (Fsp3) is 0.158. The van der Waals surface area contributed by atoms with Crippen molar-refractivity contribution in [1.29, 1.82) is 0 Å². The lowest BCUT2D eigenvalue weighted by Gasteiger charge is -2.17. The number of nitrogens with one attached hydrogen (secondary N) is 3. The van der Waals surface area contributed by atoms with Crippen LogP contribution < -0.4 is 16.0 Å². The largest absolute Gasteiger partial charge is 0.342 e. The minimum absolute atomic E-state index is 0.0297. The second-order valence-corrected chi connectivity index (χ2v) is 6.84. The lowest BCUT2D eigenvalue weighted by molar-refractivity contribution is -0.136.